The first-order chi connectivity index (χ1) is 5.25. The number of rotatable bonds is 1. The second-order valence-corrected chi connectivity index (χ2v) is 2.52. The number of benzene rings is 1. The molecule has 1 heteroatoms. The van der Waals surface area contributed by atoms with Crippen molar-refractivity contribution >= 4 is 5.69 Å². The molecule has 0 spiro atoms. The maximum Gasteiger partial charge on any atom is 0.0360 e. The minimum Gasteiger partial charge on any atom is -0.398 e. The third kappa shape index (κ3) is 1.53. The van der Waals surface area contributed by atoms with Crippen LogP contribution in [0.15, 0.2) is 18.2 Å². The van der Waals surface area contributed by atoms with Crippen LogP contribution in [0.4, 0.5) is 5.69 Å². The van der Waals surface area contributed by atoms with Gasteiger partial charge in [-0.1, -0.05) is 12.1 Å². The molecule has 0 heterocycles. The second-order valence-electron chi connectivity index (χ2n) is 2.52. The predicted octanol–water partition coefficient (Wildman–Crippen LogP) is 1.75. The van der Waals surface area contributed by atoms with Crippen molar-refractivity contribution in [2.24, 2.45) is 0 Å². The van der Waals surface area contributed by atoms with Crippen LogP contribution in [0, 0.1) is 19.3 Å². The Morgan fingerprint density at radius 1 is 1.55 bits per heavy atom. The quantitative estimate of drug-likeness (QED) is 0.473. The number of hydrogen-bond acceptors (Lipinski definition) is 1. The molecule has 1 aromatic rings. The van der Waals surface area contributed by atoms with E-state index in [0.717, 1.165) is 11.3 Å². The standard InChI is InChI=1S/C10H11N/c1-3-5-9-8(2)6-4-7-10(9)11/h1,4,6-7H,5,11H2,2H3. The first-order valence-corrected chi connectivity index (χ1v) is 3.53. The molecule has 1 rings (SSSR count). The molecule has 0 aromatic heterocycles. The molecule has 0 aliphatic rings. The molecule has 0 atom stereocenters. The van der Waals surface area contributed by atoms with E-state index in [4.69, 9.17) is 12.2 Å². The fourth-order valence-corrected chi connectivity index (χ4v) is 1.07. The Labute approximate surface area is 67.2 Å². The van der Waals surface area contributed by atoms with E-state index in [2.05, 4.69) is 5.92 Å². The first-order valence-electron chi connectivity index (χ1n) is 3.53. The zero-order valence-corrected chi connectivity index (χ0v) is 6.59. The fourth-order valence-electron chi connectivity index (χ4n) is 1.07. The average molecular weight is 145 g/mol. The van der Waals surface area contributed by atoms with Gasteiger partial charge in [-0.05, 0) is 24.1 Å². The summed E-state index contributed by atoms with van der Waals surface area (Å²) in [6, 6.07) is 5.83. The lowest BCUT2D eigenvalue weighted by Crippen LogP contribution is -1.95. The van der Waals surface area contributed by atoms with Crippen LogP contribution in [0.25, 0.3) is 0 Å². The van der Waals surface area contributed by atoms with Gasteiger partial charge in [0.25, 0.3) is 0 Å². The van der Waals surface area contributed by atoms with Crippen molar-refractivity contribution in [2.45, 2.75) is 13.3 Å². The van der Waals surface area contributed by atoms with Gasteiger partial charge in [0.15, 0.2) is 0 Å². The minimum atomic E-state index is 0.624. The first kappa shape index (κ1) is 7.68. The lowest BCUT2D eigenvalue weighted by molar-refractivity contribution is 1.25. The lowest BCUT2D eigenvalue weighted by Gasteiger charge is -2.04. The van der Waals surface area contributed by atoms with E-state index in [1.165, 1.54) is 5.56 Å². The fraction of sp³-hybridized carbons (Fsp3) is 0.200. The van der Waals surface area contributed by atoms with E-state index in [0.29, 0.717) is 6.42 Å². The second kappa shape index (κ2) is 3.12. The van der Waals surface area contributed by atoms with Gasteiger partial charge in [0.2, 0.25) is 0 Å². The van der Waals surface area contributed by atoms with E-state index >= 15 is 0 Å². The molecular formula is C10H11N. The highest BCUT2D eigenvalue weighted by molar-refractivity contribution is 5.51. The highest BCUT2D eigenvalue weighted by atomic mass is 14.6. The van der Waals surface area contributed by atoms with E-state index < -0.39 is 0 Å². The highest BCUT2D eigenvalue weighted by Crippen LogP contribution is 2.15. The number of nitrogen functional groups attached to an aromatic ring is 1. The summed E-state index contributed by atoms with van der Waals surface area (Å²) in [4.78, 5) is 0. The highest BCUT2D eigenvalue weighted by Gasteiger charge is 1.98. The van der Waals surface area contributed by atoms with Gasteiger partial charge in [-0.15, -0.1) is 12.3 Å². The van der Waals surface area contributed by atoms with Gasteiger partial charge in [-0.3, -0.25) is 0 Å². The Balaban J connectivity index is 3.12. The third-order valence-electron chi connectivity index (χ3n) is 1.73. The van der Waals surface area contributed by atoms with Crippen LogP contribution in [0.1, 0.15) is 11.1 Å². The Bertz CT molecular complexity index is 274. The summed E-state index contributed by atoms with van der Waals surface area (Å²) in [7, 11) is 0. The summed E-state index contributed by atoms with van der Waals surface area (Å²) >= 11 is 0. The van der Waals surface area contributed by atoms with Crippen LogP contribution in [0.3, 0.4) is 0 Å². The molecule has 0 fully saturated rings. The average Bonchev–Trinajstić information content (AvgIpc) is 1.97. The molecule has 56 valence electrons. The van der Waals surface area contributed by atoms with Crippen LogP contribution in [0.5, 0.6) is 0 Å². The Morgan fingerprint density at radius 3 is 2.82 bits per heavy atom. The summed E-state index contributed by atoms with van der Waals surface area (Å²) in [6.45, 7) is 2.02. The van der Waals surface area contributed by atoms with Crippen LogP contribution in [0.2, 0.25) is 0 Å². The van der Waals surface area contributed by atoms with Crippen molar-refractivity contribution in [3.63, 3.8) is 0 Å². The molecule has 1 nitrogen and oxygen atoms in total. The van der Waals surface area contributed by atoms with E-state index in [9.17, 15) is 0 Å². The molecule has 1 aromatic carbocycles. The third-order valence-corrected chi connectivity index (χ3v) is 1.73. The van der Waals surface area contributed by atoms with Crippen molar-refractivity contribution in [3.05, 3.63) is 29.3 Å². The van der Waals surface area contributed by atoms with Gasteiger partial charge < -0.3 is 5.73 Å². The molecule has 0 bridgehead atoms. The van der Waals surface area contributed by atoms with Crippen molar-refractivity contribution in [3.8, 4) is 12.3 Å². The topological polar surface area (TPSA) is 26.0 Å². The minimum absolute atomic E-state index is 0.624. The Hall–Kier alpha value is -1.42. The van der Waals surface area contributed by atoms with Gasteiger partial charge >= 0.3 is 0 Å². The summed E-state index contributed by atoms with van der Waals surface area (Å²) in [5, 5.41) is 0. The molecular weight excluding hydrogens is 134 g/mol. The van der Waals surface area contributed by atoms with Crippen LogP contribution in [-0.4, -0.2) is 0 Å². The lowest BCUT2D eigenvalue weighted by atomic mass is 10.0. The van der Waals surface area contributed by atoms with E-state index in [-0.39, 0.29) is 0 Å². The number of terminal acetylenes is 1. The zero-order chi connectivity index (χ0) is 8.27. The van der Waals surface area contributed by atoms with Crippen molar-refractivity contribution in [1.29, 1.82) is 0 Å². The Morgan fingerprint density at radius 2 is 2.27 bits per heavy atom. The van der Waals surface area contributed by atoms with Crippen molar-refractivity contribution in [1.82, 2.24) is 0 Å². The van der Waals surface area contributed by atoms with Gasteiger partial charge in [-0.2, -0.15) is 0 Å². The summed E-state index contributed by atoms with van der Waals surface area (Å²) in [5.41, 5.74) is 8.75. The molecule has 0 saturated heterocycles. The molecule has 2 N–H and O–H groups in total. The number of aryl methyl sites for hydroxylation is 1. The summed E-state index contributed by atoms with van der Waals surface area (Å²) in [5.74, 6) is 2.59. The molecule has 0 radical (unpaired) electrons. The molecule has 0 unspecified atom stereocenters. The Kier molecular flexibility index (Phi) is 2.18. The number of hydrogen-bond donors (Lipinski definition) is 1. The maximum atomic E-state index is 5.71. The molecule has 0 amide bonds. The number of anilines is 1. The maximum absolute atomic E-state index is 5.71. The molecule has 0 aliphatic heterocycles. The predicted molar refractivity (Wildman–Crippen MR) is 48.1 cm³/mol. The van der Waals surface area contributed by atoms with Gasteiger partial charge in [0.05, 0.1) is 0 Å². The summed E-state index contributed by atoms with van der Waals surface area (Å²) < 4.78 is 0. The molecule has 0 aliphatic carbocycles. The largest absolute Gasteiger partial charge is 0.398 e. The zero-order valence-electron chi connectivity index (χ0n) is 6.59. The molecule has 0 saturated carbocycles. The van der Waals surface area contributed by atoms with Crippen LogP contribution < -0.4 is 5.73 Å². The smallest absolute Gasteiger partial charge is 0.0360 e. The SMILES string of the molecule is C#CCc1c(C)cccc1N. The van der Waals surface area contributed by atoms with Crippen LogP contribution in [-0.2, 0) is 6.42 Å². The molecule has 11 heavy (non-hydrogen) atoms. The van der Waals surface area contributed by atoms with Gasteiger partial charge in [0, 0.05) is 12.1 Å². The van der Waals surface area contributed by atoms with Gasteiger partial charge in [0.1, 0.15) is 0 Å². The van der Waals surface area contributed by atoms with Gasteiger partial charge in [-0.25, -0.2) is 0 Å². The van der Waals surface area contributed by atoms with Crippen molar-refractivity contribution in [2.75, 3.05) is 5.73 Å². The monoisotopic (exact) mass is 145 g/mol. The van der Waals surface area contributed by atoms with E-state index in [1.807, 2.05) is 25.1 Å². The van der Waals surface area contributed by atoms with Crippen LogP contribution >= 0.6 is 0 Å². The summed E-state index contributed by atoms with van der Waals surface area (Å²) in [6.07, 6.45) is 5.82. The normalized spacial score (nSPS) is 9.09. The van der Waals surface area contributed by atoms with E-state index in [1.54, 1.807) is 0 Å². The number of nitrogens with two attached hydrogens (primary N) is 1. The van der Waals surface area contributed by atoms with Crippen molar-refractivity contribution < 1.29 is 0 Å².